The standard InChI is InChI=1S/C16H14O2S/c1-2-19-16-9-13(11-18)5-8-15(16)14-6-3-12(10-17)4-7-14/h3-11H,2H2,1H3. The molecule has 0 spiro atoms. The minimum Gasteiger partial charge on any atom is -0.298 e. The number of carbonyl (C=O) groups is 2. The highest BCUT2D eigenvalue weighted by atomic mass is 32.2. The van der Waals surface area contributed by atoms with E-state index >= 15 is 0 Å². The lowest BCUT2D eigenvalue weighted by molar-refractivity contribution is 0.111. The van der Waals surface area contributed by atoms with Crippen LogP contribution in [0.2, 0.25) is 0 Å². The number of benzene rings is 2. The van der Waals surface area contributed by atoms with E-state index in [4.69, 9.17) is 0 Å². The van der Waals surface area contributed by atoms with Gasteiger partial charge in [-0.3, -0.25) is 9.59 Å². The van der Waals surface area contributed by atoms with E-state index in [-0.39, 0.29) is 0 Å². The average Bonchev–Trinajstić information content (AvgIpc) is 2.47. The summed E-state index contributed by atoms with van der Waals surface area (Å²) in [5, 5.41) is 0. The minimum atomic E-state index is 0.665. The van der Waals surface area contributed by atoms with Gasteiger partial charge in [0.25, 0.3) is 0 Å². The highest BCUT2D eigenvalue weighted by Crippen LogP contribution is 2.32. The zero-order valence-corrected chi connectivity index (χ0v) is 11.4. The third-order valence-corrected chi connectivity index (χ3v) is 3.74. The maximum Gasteiger partial charge on any atom is 0.150 e. The quantitative estimate of drug-likeness (QED) is 0.606. The Labute approximate surface area is 116 Å². The first kappa shape index (κ1) is 13.6. The fraction of sp³-hybridized carbons (Fsp3) is 0.125. The lowest BCUT2D eigenvalue weighted by Gasteiger charge is -2.09. The largest absolute Gasteiger partial charge is 0.298 e. The SMILES string of the molecule is CCSc1cc(C=O)ccc1-c1ccc(C=O)cc1. The molecule has 0 aliphatic carbocycles. The molecule has 96 valence electrons. The van der Waals surface area contributed by atoms with Crippen molar-refractivity contribution in [3.63, 3.8) is 0 Å². The molecule has 0 atom stereocenters. The molecule has 0 unspecified atom stereocenters. The molecule has 0 aromatic heterocycles. The summed E-state index contributed by atoms with van der Waals surface area (Å²) >= 11 is 1.71. The van der Waals surface area contributed by atoms with Crippen molar-refractivity contribution in [3.8, 4) is 11.1 Å². The molecular weight excluding hydrogens is 256 g/mol. The lowest BCUT2D eigenvalue weighted by atomic mass is 10.0. The van der Waals surface area contributed by atoms with Gasteiger partial charge in [-0.1, -0.05) is 43.3 Å². The van der Waals surface area contributed by atoms with Crippen LogP contribution >= 0.6 is 11.8 Å². The van der Waals surface area contributed by atoms with Crippen molar-refractivity contribution in [2.24, 2.45) is 0 Å². The van der Waals surface area contributed by atoms with Gasteiger partial charge in [-0.25, -0.2) is 0 Å². The zero-order valence-electron chi connectivity index (χ0n) is 10.6. The number of hydrogen-bond acceptors (Lipinski definition) is 3. The molecule has 19 heavy (non-hydrogen) atoms. The Bertz CT molecular complexity index is 588. The van der Waals surface area contributed by atoms with Gasteiger partial charge < -0.3 is 0 Å². The Morgan fingerprint density at radius 2 is 1.58 bits per heavy atom. The van der Waals surface area contributed by atoms with Crippen molar-refractivity contribution in [1.82, 2.24) is 0 Å². The number of thioether (sulfide) groups is 1. The average molecular weight is 270 g/mol. The molecule has 2 aromatic rings. The highest BCUT2D eigenvalue weighted by molar-refractivity contribution is 7.99. The molecule has 0 amide bonds. The minimum absolute atomic E-state index is 0.665. The smallest absolute Gasteiger partial charge is 0.150 e. The van der Waals surface area contributed by atoms with Gasteiger partial charge in [0.1, 0.15) is 12.6 Å². The maximum absolute atomic E-state index is 10.8. The maximum atomic E-state index is 10.8. The van der Waals surface area contributed by atoms with E-state index in [2.05, 4.69) is 6.92 Å². The van der Waals surface area contributed by atoms with Crippen molar-refractivity contribution in [1.29, 1.82) is 0 Å². The van der Waals surface area contributed by atoms with E-state index in [9.17, 15) is 9.59 Å². The first-order valence-electron chi connectivity index (χ1n) is 6.06. The molecule has 0 N–H and O–H groups in total. The number of carbonyl (C=O) groups excluding carboxylic acids is 2. The van der Waals surface area contributed by atoms with E-state index in [1.807, 2.05) is 30.3 Å². The summed E-state index contributed by atoms with van der Waals surface area (Å²) in [5.74, 6) is 0.946. The van der Waals surface area contributed by atoms with Crippen molar-refractivity contribution >= 4 is 24.3 Å². The fourth-order valence-electron chi connectivity index (χ4n) is 1.87. The number of aldehydes is 2. The van der Waals surface area contributed by atoms with E-state index in [0.717, 1.165) is 34.3 Å². The Morgan fingerprint density at radius 3 is 2.16 bits per heavy atom. The van der Waals surface area contributed by atoms with Gasteiger partial charge in [-0.2, -0.15) is 0 Å². The van der Waals surface area contributed by atoms with Crippen LogP contribution in [-0.2, 0) is 0 Å². The van der Waals surface area contributed by atoms with Crippen LogP contribution in [0.15, 0.2) is 47.4 Å². The first-order valence-corrected chi connectivity index (χ1v) is 7.04. The summed E-state index contributed by atoms with van der Waals surface area (Å²) in [7, 11) is 0. The van der Waals surface area contributed by atoms with Crippen LogP contribution in [0.5, 0.6) is 0 Å². The zero-order chi connectivity index (χ0) is 13.7. The monoisotopic (exact) mass is 270 g/mol. The van der Waals surface area contributed by atoms with Gasteiger partial charge >= 0.3 is 0 Å². The van der Waals surface area contributed by atoms with E-state index < -0.39 is 0 Å². The predicted molar refractivity (Wildman–Crippen MR) is 79.1 cm³/mol. The highest BCUT2D eigenvalue weighted by Gasteiger charge is 2.06. The van der Waals surface area contributed by atoms with E-state index in [1.165, 1.54) is 0 Å². The molecule has 0 radical (unpaired) electrons. The molecule has 0 aliphatic heterocycles. The van der Waals surface area contributed by atoms with Crippen molar-refractivity contribution in [3.05, 3.63) is 53.6 Å². The van der Waals surface area contributed by atoms with Crippen LogP contribution in [0.3, 0.4) is 0 Å². The normalized spacial score (nSPS) is 10.2. The van der Waals surface area contributed by atoms with Crippen LogP contribution in [-0.4, -0.2) is 18.3 Å². The predicted octanol–water partition coefficient (Wildman–Crippen LogP) is 4.09. The molecule has 3 heteroatoms. The van der Waals surface area contributed by atoms with Crippen LogP contribution in [0.4, 0.5) is 0 Å². The molecule has 0 saturated heterocycles. The van der Waals surface area contributed by atoms with Crippen molar-refractivity contribution in [2.75, 3.05) is 5.75 Å². The van der Waals surface area contributed by atoms with E-state index in [1.54, 1.807) is 23.9 Å². The van der Waals surface area contributed by atoms with Gasteiger partial charge in [-0.05, 0) is 22.9 Å². The number of rotatable bonds is 5. The molecule has 2 aromatic carbocycles. The second kappa shape index (κ2) is 6.34. The summed E-state index contributed by atoms with van der Waals surface area (Å²) in [6, 6.07) is 13.1. The third-order valence-electron chi connectivity index (χ3n) is 2.80. The number of hydrogen-bond donors (Lipinski definition) is 0. The van der Waals surface area contributed by atoms with Gasteiger partial charge in [-0.15, -0.1) is 11.8 Å². The molecular formula is C16H14O2S. The van der Waals surface area contributed by atoms with Crippen molar-refractivity contribution < 1.29 is 9.59 Å². The summed E-state index contributed by atoms with van der Waals surface area (Å²) in [4.78, 5) is 22.6. The van der Waals surface area contributed by atoms with Crippen LogP contribution in [0.25, 0.3) is 11.1 Å². The van der Waals surface area contributed by atoms with Gasteiger partial charge in [0.2, 0.25) is 0 Å². The summed E-state index contributed by atoms with van der Waals surface area (Å²) < 4.78 is 0. The van der Waals surface area contributed by atoms with Gasteiger partial charge in [0.05, 0.1) is 0 Å². The second-order valence-corrected chi connectivity index (χ2v) is 5.35. The fourth-order valence-corrected chi connectivity index (χ4v) is 2.74. The molecule has 0 heterocycles. The van der Waals surface area contributed by atoms with E-state index in [0.29, 0.717) is 11.1 Å². The van der Waals surface area contributed by atoms with Crippen LogP contribution in [0, 0.1) is 0 Å². The Kier molecular flexibility index (Phi) is 4.53. The summed E-state index contributed by atoms with van der Waals surface area (Å²) in [5.41, 5.74) is 3.50. The third kappa shape index (κ3) is 3.12. The van der Waals surface area contributed by atoms with Crippen LogP contribution in [0.1, 0.15) is 27.6 Å². The Morgan fingerprint density at radius 1 is 0.947 bits per heavy atom. The molecule has 2 rings (SSSR count). The summed E-state index contributed by atoms with van der Waals surface area (Å²) in [6.45, 7) is 2.08. The molecule has 0 aliphatic rings. The first-order chi connectivity index (χ1) is 9.28. The second-order valence-electron chi connectivity index (χ2n) is 4.05. The van der Waals surface area contributed by atoms with Crippen molar-refractivity contribution in [2.45, 2.75) is 11.8 Å². The molecule has 0 fully saturated rings. The summed E-state index contributed by atoms with van der Waals surface area (Å²) in [6.07, 6.45) is 1.69. The lowest BCUT2D eigenvalue weighted by Crippen LogP contribution is -1.88. The Hall–Kier alpha value is -1.87. The van der Waals surface area contributed by atoms with Gasteiger partial charge in [0.15, 0.2) is 0 Å². The molecule has 0 bridgehead atoms. The topological polar surface area (TPSA) is 34.1 Å². The molecule has 2 nitrogen and oxygen atoms in total. The van der Waals surface area contributed by atoms with Gasteiger partial charge in [0, 0.05) is 16.0 Å². The molecule has 0 saturated carbocycles. The Balaban J connectivity index is 2.46. The van der Waals surface area contributed by atoms with Crippen LogP contribution < -0.4 is 0 Å².